The lowest BCUT2D eigenvalue weighted by Crippen LogP contribution is -2.39. The lowest BCUT2D eigenvalue weighted by atomic mass is 10.1. The molecule has 0 bridgehead atoms. The summed E-state index contributed by atoms with van der Waals surface area (Å²) < 4.78 is 4.67. The Hall–Kier alpha value is -0.650. The molecule has 0 atom stereocenters. The predicted octanol–water partition coefficient (Wildman–Crippen LogP) is 2.12. The molecule has 0 unspecified atom stereocenters. The van der Waals surface area contributed by atoms with E-state index < -0.39 is 25.0 Å². The Balaban J connectivity index is 3.32. The molecule has 0 aliphatic heterocycles. The lowest BCUT2D eigenvalue weighted by Gasteiger charge is -2.18. The number of carbonyl (C=O) groups excluding carboxylic acids is 1. The third-order valence-electron chi connectivity index (χ3n) is 3.20. The van der Waals surface area contributed by atoms with Crippen LogP contribution in [0.25, 0.3) is 0 Å². The summed E-state index contributed by atoms with van der Waals surface area (Å²) in [4.78, 5) is 11.3. The molecule has 0 aromatic carbocycles. The molecular weight excluding hydrogens is 260 g/mol. The van der Waals surface area contributed by atoms with Crippen LogP contribution >= 0.6 is 0 Å². The third-order valence-corrected chi connectivity index (χ3v) is 3.20. The molecule has 0 rings (SSSR count). The maximum absolute atomic E-state index is 11.3. The van der Waals surface area contributed by atoms with Gasteiger partial charge in [-0.1, -0.05) is 58.3 Å². The van der Waals surface area contributed by atoms with E-state index in [-0.39, 0.29) is 6.42 Å². The van der Waals surface area contributed by atoms with Gasteiger partial charge in [0.25, 0.3) is 0 Å². The highest BCUT2D eigenvalue weighted by atomic mass is 16.6. The smallest absolute Gasteiger partial charge is 0.305 e. The normalized spacial score (nSPS) is 11.6. The van der Waals surface area contributed by atoms with Crippen LogP contribution in [0.3, 0.4) is 0 Å². The molecule has 0 aromatic rings. The fourth-order valence-electron chi connectivity index (χ4n) is 1.89. The van der Waals surface area contributed by atoms with Crippen LogP contribution in [0.2, 0.25) is 0 Å². The van der Waals surface area contributed by atoms with E-state index in [4.69, 9.17) is 15.3 Å². The molecule has 0 aliphatic rings. The first kappa shape index (κ1) is 19.4. The van der Waals surface area contributed by atoms with Crippen LogP contribution < -0.4 is 0 Å². The number of rotatable bonds is 13. The fraction of sp³-hybridized carbons (Fsp3) is 0.933. The molecule has 5 nitrogen and oxygen atoms in total. The van der Waals surface area contributed by atoms with Crippen molar-refractivity contribution in [2.45, 2.75) is 76.9 Å². The van der Waals surface area contributed by atoms with Gasteiger partial charge in [0.1, 0.15) is 13.2 Å². The molecule has 0 radical (unpaired) electrons. The van der Waals surface area contributed by atoms with Crippen molar-refractivity contribution in [2.75, 3.05) is 13.2 Å². The van der Waals surface area contributed by atoms with E-state index >= 15 is 0 Å². The predicted molar refractivity (Wildman–Crippen MR) is 77.1 cm³/mol. The number of aliphatic hydroxyl groups is 3. The minimum atomic E-state index is -2.33. The van der Waals surface area contributed by atoms with Gasteiger partial charge in [-0.05, 0) is 6.42 Å². The van der Waals surface area contributed by atoms with Crippen molar-refractivity contribution >= 4 is 5.97 Å². The average Bonchev–Trinajstić information content (AvgIpc) is 2.43. The van der Waals surface area contributed by atoms with E-state index in [1.165, 1.54) is 38.5 Å². The minimum absolute atomic E-state index is 0.289. The summed E-state index contributed by atoms with van der Waals surface area (Å²) in [6.45, 7) is 0.773. The number of esters is 1. The van der Waals surface area contributed by atoms with Crippen molar-refractivity contribution in [1.82, 2.24) is 0 Å². The van der Waals surface area contributed by atoms with Gasteiger partial charge >= 0.3 is 5.97 Å². The van der Waals surface area contributed by atoms with Crippen molar-refractivity contribution in [3.8, 4) is 0 Å². The summed E-state index contributed by atoms with van der Waals surface area (Å²) in [5.41, 5.74) is 0. The molecule has 5 heteroatoms. The van der Waals surface area contributed by atoms with Gasteiger partial charge in [-0.2, -0.15) is 0 Å². The third kappa shape index (κ3) is 12.4. The Labute approximate surface area is 122 Å². The summed E-state index contributed by atoms with van der Waals surface area (Å²) in [6.07, 6.45) is 10.8. The van der Waals surface area contributed by atoms with Gasteiger partial charge < -0.3 is 20.1 Å². The first-order chi connectivity index (χ1) is 9.52. The average molecular weight is 290 g/mol. The maximum atomic E-state index is 11.3. The van der Waals surface area contributed by atoms with Crippen molar-refractivity contribution in [1.29, 1.82) is 0 Å². The molecule has 20 heavy (non-hydrogen) atoms. The van der Waals surface area contributed by atoms with Crippen molar-refractivity contribution < 1.29 is 24.9 Å². The summed E-state index contributed by atoms with van der Waals surface area (Å²) in [7, 11) is 0. The summed E-state index contributed by atoms with van der Waals surface area (Å²) in [6, 6.07) is 0. The number of unbranched alkanes of at least 4 members (excludes halogenated alkanes) is 8. The zero-order valence-corrected chi connectivity index (χ0v) is 12.6. The number of hydrogen-bond acceptors (Lipinski definition) is 5. The van der Waals surface area contributed by atoms with E-state index in [0.717, 1.165) is 19.3 Å². The first-order valence-corrected chi connectivity index (χ1v) is 7.73. The van der Waals surface area contributed by atoms with E-state index in [9.17, 15) is 4.79 Å². The van der Waals surface area contributed by atoms with Crippen LogP contribution in [0, 0.1) is 0 Å². The van der Waals surface area contributed by atoms with E-state index in [0.29, 0.717) is 0 Å². The molecule has 0 aromatic heterocycles. The molecule has 0 saturated carbocycles. The number of carbonyl (C=O) groups is 1. The molecule has 0 spiro atoms. The van der Waals surface area contributed by atoms with Crippen LogP contribution in [0.15, 0.2) is 0 Å². The van der Waals surface area contributed by atoms with Gasteiger partial charge in [-0.15, -0.1) is 0 Å². The zero-order valence-electron chi connectivity index (χ0n) is 12.6. The van der Waals surface area contributed by atoms with E-state index in [2.05, 4.69) is 11.7 Å². The highest BCUT2D eigenvalue weighted by Gasteiger charge is 2.23. The molecule has 0 aliphatic carbocycles. The van der Waals surface area contributed by atoms with Crippen LogP contribution in [-0.2, 0) is 9.53 Å². The van der Waals surface area contributed by atoms with Gasteiger partial charge in [0.05, 0.1) is 0 Å². The SMILES string of the molecule is CCCCCCCCCCCC(=O)OCC(O)(O)CO. The van der Waals surface area contributed by atoms with Gasteiger partial charge in [-0.25, -0.2) is 0 Å². The molecule has 120 valence electrons. The second-order valence-corrected chi connectivity index (χ2v) is 5.38. The number of ether oxygens (including phenoxy) is 1. The van der Waals surface area contributed by atoms with Crippen molar-refractivity contribution in [3.05, 3.63) is 0 Å². The second-order valence-electron chi connectivity index (χ2n) is 5.38. The van der Waals surface area contributed by atoms with Gasteiger partial charge in [0, 0.05) is 6.42 Å². The van der Waals surface area contributed by atoms with E-state index in [1.807, 2.05) is 0 Å². The standard InChI is InChI=1S/C15H30O5/c1-2-3-4-5-6-7-8-9-10-11-14(17)20-13-15(18,19)12-16/h16,18-19H,2-13H2,1H3. The van der Waals surface area contributed by atoms with Gasteiger partial charge in [0.2, 0.25) is 5.79 Å². The molecular formula is C15H30O5. The topological polar surface area (TPSA) is 87.0 Å². The van der Waals surface area contributed by atoms with Crippen molar-refractivity contribution in [3.63, 3.8) is 0 Å². The summed E-state index contributed by atoms with van der Waals surface area (Å²) in [5, 5.41) is 26.6. The molecule has 3 N–H and O–H groups in total. The first-order valence-electron chi connectivity index (χ1n) is 7.73. The molecule has 0 saturated heterocycles. The number of hydrogen-bond donors (Lipinski definition) is 3. The van der Waals surface area contributed by atoms with E-state index in [1.54, 1.807) is 0 Å². The minimum Gasteiger partial charge on any atom is -0.460 e. The summed E-state index contributed by atoms with van der Waals surface area (Å²) in [5.74, 6) is -2.78. The second kappa shape index (κ2) is 12.1. The van der Waals surface area contributed by atoms with Crippen LogP contribution in [-0.4, -0.2) is 40.3 Å². The fourth-order valence-corrected chi connectivity index (χ4v) is 1.89. The Morgan fingerprint density at radius 2 is 1.45 bits per heavy atom. The maximum Gasteiger partial charge on any atom is 0.305 e. The zero-order chi connectivity index (χ0) is 15.3. The highest BCUT2D eigenvalue weighted by Crippen LogP contribution is 2.11. The number of aliphatic hydroxyl groups excluding tert-OH is 1. The van der Waals surface area contributed by atoms with Crippen molar-refractivity contribution in [2.24, 2.45) is 0 Å². The Kier molecular flexibility index (Phi) is 11.7. The molecule has 0 heterocycles. The quantitative estimate of drug-likeness (QED) is 0.275. The van der Waals surface area contributed by atoms with Crippen LogP contribution in [0.4, 0.5) is 0 Å². The Morgan fingerprint density at radius 1 is 0.950 bits per heavy atom. The van der Waals surface area contributed by atoms with Gasteiger partial charge in [0.15, 0.2) is 0 Å². The van der Waals surface area contributed by atoms with Crippen LogP contribution in [0.1, 0.15) is 71.1 Å². The molecule has 0 fully saturated rings. The summed E-state index contributed by atoms with van der Waals surface area (Å²) >= 11 is 0. The molecule has 0 amide bonds. The van der Waals surface area contributed by atoms with Crippen LogP contribution in [0.5, 0.6) is 0 Å². The highest BCUT2D eigenvalue weighted by molar-refractivity contribution is 5.69. The Morgan fingerprint density at radius 3 is 1.95 bits per heavy atom. The monoisotopic (exact) mass is 290 g/mol. The Bertz CT molecular complexity index is 240. The largest absolute Gasteiger partial charge is 0.460 e. The lowest BCUT2D eigenvalue weighted by molar-refractivity contribution is -0.218. The van der Waals surface area contributed by atoms with Gasteiger partial charge in [-0.3, -0.25) is 4.79 Å².